The number of nitrogens with zero attached hydrogens (tertiary/aromatic N) is 3. The lowest BCUT2D eigenvalue weighted by Gasteiger charge is -2.05. The number of rotatable bonds is 4. The molecule has 0 atom stereocenters. The monoisotopic (exact) mass is 387 g/mol. The normalized spacial score (nSPS) is 10.8. The maximum absolute atomic E-state index is 9.76. The van der Waals surface area contributed by atoms with Crippen molar-refractivity contribution >= 4 is 46.7 Å². The van der Waals surface area contributed by atoms with Crippen molar-refractivity contribution in [3.05, 3.63) is 57.6 Å². The van der Waals surface area contributed by atoms with E-state index in [0.717, 1.165) is 0 Å². The van der Waals surface area contributed by atoms with Gasteiger partial charge in [0, 0.05) is 23.5 Å². The summed E-state index contributed by atoms with van der Waals surface area (Å²) in [6.45, 7) is 0. The number of aromatic nitrogens is 2. The van der Waals surface area contributed by atoms with E-state index in [9.17, 15) is 15.5 Å². The van der Waals surface area contributed by atoms with Crippen LogP contribution in [0.3, 0.4) is 0 Å². The molecule has 0 spiro atoms. The minimum absolute atomic E-state index is 0.0646. The average Bonchev–Trinajstić information content (AvgIpc) is 2.99. The lowest BCUT2D eigenvalue weighted by molar-refractivity contribution is 0.450. The Morgan fingerprint density at radius 2 is 1.96 bits per heavy atom. The second kappa shape index (κ2) is 7.35. The highest BCUT2D eigenvalue weighted by molar-refractivity contribution is 6.42. The standard InChI is InChI=1S/C17H11Cl2N5O2/c18-13-4-2-10(5-14(13)19)22-17-12(7-20)16(23-24-17)21-8-9-1-3-11(25)6-15(9)26/h1-6,8,25-26H,(H2,22,23,24). The Morgan fingerprint density at radius 3 is 2.65 bits per heavy atom. The summed E-state index contributed by atoms with van der Waals surface area (Å²) in [6, 6.07) is 11.0. The fourth-order valence-corrected chi connectivity index (χ4v) is 2.41. The van der Waals surface area contributed by atoms with Crippen molar-refractivity contribution in [1.82, 2.24) is 10.2 Å². The Morgan fingerprint density at radius 1 is 1.15 bits per heavy atom. The van der Waals surface area contributed by atoms with Crippen LogP contribution in [-0.2, 0) is 0 Å². The molecule has 3 rings (SSSR count). The highest BCUT2D eigenvalue weighted by Gasteiger charge is 2.13. The third-order valence-electron chi connectivity index (χ3n) is 3.39. The number of nitriles is 1. The summed E-state index contributed by atoms with van der Waals surface area (Å²) < 4.78 is 0. The van der Waals surface area contributed by atoms with Crippen molar-refractivity contribution in [2.24, 2.45) is 4.99 Å². The van der Waals surface area contributed by atoms with Crippen molar-refractivity contribution in [1.29, 1.82) is 5.26 Å². The van der Waals surface area contributed by atoms with Gasteiger partial charge < -0.3 is 15.5 Å². The highest BCUT2D eigenvalue weighted by atomic mass is 35.5. The number of phenolic OH excluding ortho intramolecular Hbond substituents is 2. The van der Waals surface area contributed by atoms with Crippen molar-refractivity contribution in [2.75, 3.05) is 5.32 Å². The fraction of sp³-hybridized carbons (Fsp3) is 0. The van der Waals surface area contributed by atoms with Gasteiger partial charge in [-0.1, -0.05) is 23.2 Å². The van der Waals surface area contributed by atoms with E-state index in [2.05, 4.69) is 20.5 Å². The van der Waals surface area contributed by atoms with Crippen LogP contribution in [0.2, 0.25) is 10.0 Å². The molecule has 130 valence electrons. The Kier molecular flexibility index (Phi) is 4.98. The van der Waals surface area contributed by atoms with Gasteiger partial charge in [0.05, 0.1) is 10.0 Å². The molecule has 0 saturated heterocycles. The first-order valence-electron chi connectivity index (χ1n) is 7.24. The fourth-order valence-electron chi connectivity index (χ4n) is 2.11. The number of hydrogen-bond donors (Lipinski definition) is 4. The maximum atomic E-state index is 9.76. The van der Waals surface area contributed by atoms with Gasteiger partial charge in [-0.25, -0.2) is 4.99 Å². The lowest BCUT2D eigenvalue weighted by atomic mass is 10.2. The molecule has 0 fully saturated rings. The number of benzene rings is 2. The van der Waals surface area contributed by atoms with E-state index in [-0.39, 0.29) is 22.9 Å². The van der Waals surface area contributed by atoms with Crippen LogP contribution in [0.15, 0.2) is 41.4 Å². The van der Waals surface area contributed by atoms with Gasteiger partial charge in [-0.2, -0.15) is 10.4 Å². The molecular formula is C17H11Cl2N5O2. The van der Waals surface area contributed by atoms with E-state index >= 15 is 0 Å². The van der Waals surface area contributed by atoms with Gasteiger partial charge in [0.1, 0.15) is 28.9 Å². The van der Waals surface area contributed by atoms with Crippen LogP contribution >= 0.6 is 23.2 Å². The second-order valence-corrected chi connectivity index (χ2v) is 5.98. The zero-order chi connectivity index (χ0) is 18.7. The largest absolute Gasteiger partial charge is 0.508 e. The number of aliphatic imine (C=N–C) groups is 1. The second-order valence-electron chi connectivity index (χ2n) is 5.16. The molecule has 4 N–H and O–H groups in total. The van der Waals surface area contributed by atoms with Gasteiger partial charge in [0.25, 0.3) is 0 Å². The molecule has 0 aliphatic heterocycles. The zero-order valence-corrected chi connectivity index (χ0v) is 14.5. The number of H-pyrrole nitrogens is 1. The molecule has 0 bridgehead atoms. The van der Waals surface area contributed by atoms with E-state index in [0.29, 0.717) is 27.1 Å². The SMILES string of the molecule is N#Cc1c(N=Cc2ccc(O)cc2O)n[nH]c1Nc1ccc(Cl)c(Cl)c1. The van der Waals surface area contributed by atoms with E-state index in [1.165, 1.54) is 24.4 Å². The van der Waals surface area contributed by atoms with Crippen LogP contribution in [0.1, 0.15) is 11.1 Å². The van der Waals surface area contributed by atoms with Crippen molar-refractivity contribution in [3.8, 4) is 17.6 Å². The Hall–Kier alpha value is -3.21. The highest BCUT2D eigenvalue weighted by Crippen LogP contribution is 2.30. The summed E-state index contributed by atoms with van der Waals surface area (Å²) >= 11 is 11.9. The number of phenols is 2. The Labute approximate surface area is 158 Å². The average molecular weight is 388 g/mol. The Bertz CT molecular complexity index is 1040. The van der Waals surface area contributed by atoms with Crippen LogP contribution in [-0.4, -0.2) is 26.6 Å². The molecule has 26 heavy (non-hydrogen) atoms. The van der Waals surface area contributed by atoms with E-state index in [1.54, 1.807) is 18.2 Å². The molecule has 0 aliphatic rings. The number of aromatic hydroxyl groups is 2. The third-order valence-corrected chi connectivity index (χ3v) is 4.13. The molecule has 9 heteroatoms. The first-order valence-corrected chi connectivity index (χ1v) is 8.00. The van der Waals surface area contributed by atoms with Gasteiger partial charge in [0.2, 0.25) is 0 Å². The molecule has 0 aliphatic carbocycles. The van der Waals surface area contributed by atoms with Crippen LogP contribution in [0.4, 0.5) is 17.3 Å². The van der Waals surface area contributed by atoms with Crippen molar-refractivity contribution < 1.29 is 10.2 Å². The van der Waals surface area contributed by atoms with Gasteiger partial charge in [-0.05, 0) is 30.3 Å². The molecule has 3 aromatic rings. The number of halogens is 2. The van der Waals surface area contributed by atoms with Crippen LogP contribution < -0.4 is 5.32 Å². The van der Waals surface area contributed by atoms with Crippen LogP contribution in [0, 0.1) is 11.3 Å². The zero-order valence-electron chi connectivity index (χ0n) is 13.0. The topological polar surface area (TPSA) is 117 Å². The van der Waals surface area contributed by atoms with E-state index in [1.807, 2.05) is 6.07 Å². The number of hydrogen-bond acceptors (Lipinski definition) is 6. The van der Waals surface area contributed by atoms with E-state index < -0.39 is 0 Å². The van der Waals surface area contributed by atoms with Gasteiger partial charge in [0.15, 0.2) is 5.82 Å². The summed E-state index contributed by atoms with van der Waals surface area (Å²) in [5.74, 6) is 0.276. The maximum Gasteiger partial charge on any atom is 0.193 e. The third kappa shape index (κ3) is 3.72. The molecular weight excluding hydrogens is 377 g/mol. The van der Waals surface area contributed by atoms with Gasteiger partial charge in [-0.3, -0.25) is 5.10 Å². The molecule has 7 nitrogen and oxygen atoms in total. The molecule has 0 amide bonds. The number of aromatic amines is 1. The van der Waals surface area contributed by atoms with Gasteiger partial charge >= 0.3 is 0 Å². The Balaban J connectivity index is 1.87. The van der Waals surface area contributed by atoms with Crippen LogP contribution in [0.5, 0.6) is 11.5 Å². The lowest BCUT2D eigenvalue weighted by Crippen LogP contribution is -1.92. The van der Waals surface area contributed by atoms with Crippen molar-refractivity contribution in [2.45, 2.75) is 0 Å². The van der Waals surface area contributed by atoms with Crippen molar-refractivity contribution in [3.63, 3.8) is 0 Å². The smallest absolute Gasteiger partial charge is 0.193 e. The minimum Gasteiger partial charge on any atom is -0.508 e. The summed E-state index contributed by atoms with van der Waals surface area (Å²) in [5.41, 5.74) is 1.17. The van der Waals surface area contributed by atoms with Crippen LogP contribution in [0.25, 0.3) is 0 Å². The summed E-state index contributed by atoms with van der Waals surface area (Å²) in [7, 11) is 0. The molecule has 0 saturated carbocycles. The molecule has 0 radical (unpaired) electrons. The number of anilines is 2. The first kappa shape index (κ1) is 17.6. The first-order chi connectivity index (χ1) is 12.5. The predicted octanol–water partition coefficient (Wildman–Crippen LogP) is 4.49. The summed E-state index contributed by atoms with van der Waals surface area (Å²) in [4.78, 5) is 4.11. The molecule has 2 aromatic carbocycles. The number of nitrogens with one attached hydrogen (secondary N) is 2. The summed E-state index contributed by atoms with van der Waals surface area (Å²) in [5, 5.41) is 38.9. The predicted molar refractivity (Wildman–Crippen MR) is 100 cm³/mol. The summed E-state index contributed by atoms with van der Waals surface area (Å²) in [6.07, 6.45) is 1.34. The molecule has 1 aromatic heterocycles. The molecule has 0 unspecified atom stereocenters. The quantitative estimate of drug-likeness (QED) is 0.491. The molecule has 1 heterocycles. The minimum atomic E-state index is -0.142. The van der Waals surface area contributed by atoms with E-state index in [4.69, 9.17) is 23.2 Å². The van der Waals surface area contributed by atoms with Gasteiger partial charge in [-0.15, -0.1) is 0 Å².